The van der Waals surface area contributed by atoms with Crippen molar-refractivity contribution < 1.29 is 9.90 Å². The van der Waals surface area contributed by atoms with Crippen molar-refractivity contribution in [3.05, 3.63) is 34.9 Å². The van der Waals surface area contributed by atoms with Crippen LogP contribution in [0.25, 0.3) is 0 Å². The third-order valence-corrected chi connectivity index (χ3v) is 3.59. The molecule has 1 aromatic carbocycles. The Morgan fingerprint density at radius 1 is 1.53 bits per heavy atom. The lowest BCUT2D eigenvalue weighted by molar-refractivity contribution is -0.137. The summed E-state index contributed by atoms with van der Waals surface area (Å²) in [6, 6.07) is 7.70. The van der Waals surface area contributed by atoms with E-state index in [2.05, 4.69) is 6.92 Å². The second-order valence-electron chi connectivity index (χ2n) is 4.42. The molecule has 2 atom stereocenters. The van der Waals surface area contributed by atoms with Gasteiger partial charge in [-0.1, -0.05) is 30.7 Å². The summed E-state index contributed by atoms with van der Waals surface area (Å²) in [5.74, 6) is -0.436. The fraction of sp³-hybridized carbons (Fsp3) is 0.417. The van der Waals surface area contributed by atoms with Crippen molar-refractivity contribution in [1.29, 1.82) is 0 Å². The lowest BCUT2D eigenvalue weighted by Crippen LogP contribution is -2.07. The first kappa shape index (κ1) is 10.5. The van der Waals surface area contributed by atoms with E-state index in [0.29, 0.717) is 0 Å². The fourth-order valence-electron chi connectivity index (χ4n) is 2.15. The molecule has 1 N–H and O–H groups in total. The Labute approximate surface area is 93.9 Å². The van der Waals surface area contributed by atoms with Crippen LogP contribution in [0.1, 0.15) is 25.3 Å². The zero-order valence-corrected chi connectivity index (χ0v) is 9.29. The molecular weight excluding hydrogens is 212 g/mol. The minimum atomic E-state index is -0.710. The van der Waals surface area contributed by atoms with E-state index in [1.165, 1.54) is 5.56 Å². The molecule has 1 aliphatic carbocycles. The summed E-state index contributed by atoms with van der Waals surface area (Å²) in [6.07, 6.45) is 1.22. The first-order valence-electron chi connectivity index (χ1n) is 5.00. The Morgan fingerprint density at radius 2 is 2.13 bits per heavy atom. The second kappa shape index (κ2) is 3.53. The summed E-state index contributed by atoms with van der Waals surface area (Å²) < 4.78 is 0. The van der Waals surface area contributed by atoms with Gasteiger partial charge in [0.15, 0.2) is 0 Å². The molecule has 0 saturated heterocycles. The maximum Gasteiger partial charge on any atom is 0.303 e. The number of benzene rings is 1. The maximum atomic E-state index is 10.6. The molecule has 1 saturated carbocycles. The third-order valence-electron chi connectivity index (χ3n) is 3.34. The van der Waals surface area contributed by atoms with Gasteiger partial charge in [-0.3, -0.25) is 4.79 Å². The van der Waals surface area contributed by atoms with Crippen LogP contribution in [0.2, 0.25) is 5.02 Å². The topological polar surface area (TPSA) is 37.3 Å². The SMILES string of the molecule is CC1(c2ccc(Cl)cc2)CC1CC(=O)O. The van der Waals surface area contributed by atoms with E-state index in [-0.39, 0.29) is 17.8 Å². The summed E-state index contributed by atoms with van der Waals surface area (Å²) in [6.45, 7) is 2.11. The van der Waals surface area contributed by atoms with Crippen LogP contribution in [-0.4, -0.2) is 11.1 Å². The molecule has 1 fully saturated rings. The zero-order chi connectivity index (χ0) is 11.1. The fourth-order valence-corrected chi connectivity index (χ4v) is 2.27. The highest BCUT2D eigenvalue weighted by Crippen LogP contribution is 2.55. The second-order valence-corrected chi connectivity index (χ2v) is 4.86. The average molecular weight is 225 g/mol. The Balaban J connectivity index is 2.12. The van der Waals surface area contributed by atoms with Gasteiger partial charge in [0, 0.05) is 11.4 Å². The van der Waals surface area contributed by atoms with Crippen molar-refractivity contribution in [2.24, 2.45) is 5.92 Å². The molecular formula is C12H13ClO2. The third kappa shape index (κ3) is 2.00. The highest BCUT2D eigenvalue weighted by molar-refractivity contribution is 6.30. The normalized spacial score (nSPS) is 28.8. The molecule has 15 heavy (non-hydrogen) atoms. The number of halogens is 1. The van der Waals surface area contributed by atoms with Crippen LogP contribution in [0.15, 0.2) is 24.3 Å². The number of carbonyl (C=O) groups is 1. The molecule has 2 nitrogen and oxygen atoms in total. The van der Waals surface area contributed by atoms with E-state index < -0.39 is 5.97 Å². The average Bonchev–Trinajstić information content (AvgIpc) is 2.78. The van der Waals surface area contributed by atoms with Crippen LogP contribution in [0.5, 0.6) is 0 Å². The molecule has 0 radical (unpaired) electrons. The first-order chi connectivity index (χ1) is 7.02. The first-order valence-corrected chi connectivity index (χ1v) is 5.38. The van der Waals surface area contributed by atoms with Gasteiger partial charge in [-0.15, -0.1) is 0 Å². The van der Waals surface area contributed by atoms with E-state index in [9.17, 15) is 4.79 Å². The summed E-state index contributed by atoms with van der Waals surface area (Å²) in [7, 11) is 0. The quantitative estimate of drug-likeness (QED) is 0.857. The van der Waals surface area contributed by atoms with E-state index in [4.69, 9.17) is 16.7 Å². The predicted molar refractivity (Wildman–Crippen MR) is 59.2 cm³/mol. The molecule has 0 amide bonds. The lowest BCUT2D eigenvalue weighted by atomic mass is 9.94. The highest BCUT2D eigenvalue weighted by atomic mass is 35.5. The van der Waals surface area contributed by atoms with Gasteiger partial charge in [-0.05, 0) is 35.4 Å². The van der Waals surface area contributed by atoms with Crippen molar-refractivity contribution in [2.45, 2.75) is 25.2 Å². The molecule has 2 rings (SSSR count). The lowest BCUT2D eigenvalue weighted by Gasteiger charge is -2.10. The van der Waals surface area contributed by atoms with Crippen molar-refractivity contribution in [3.63, 3.8) is 0 Å². The van der Waals surface area contributed by atoms with Crippen LogP contribution in [0.3, 0.4) is 0 Å². The molecule has 1 aliphatic rings. The summed E-state index contributed by atoms with van der Waals surface area (Å²) >= 11 is 5.81. The number of hydrogen-bond donors (Lipinski definition) is 1. The number of rotatable bonds is 3. The number of carboxylic acids is 1. The number of carboxylic acid groups (broad SMARTS) is 1. The summed E-state index contributed by atoms with van der Waals surface area (Å²) in [5, 5.41) is 9.45. The standard InChI is InChI=1S/C12H13ClO2/c1-12(7-9(12)6-11(14)15)8-2-4-10(13)5-3-8/h2-5,9H,6-7H2,1H3,(H,14,15). The number of hydrogen-bond acceptors (Lipinski definition) is 1. The van der Waals surface area contributed by atoms with Crippen LogP contribution in [0.4, 0.5) is 0 Å². The van der Waals surface area contributed by atoms with Gasteiger partial charge in [0.1, 0.15) is 0 Å². The Morgan fingerprint density at radius 3 is 2.67 bits per heavy atom. The van der Waals surface area contributed by atoms with Crippen LogP contribution in [0, 0.1) is 5.92 Å². The van der Waals surface area contributed by atoms with Gasteiger partial charge in [0.25, 0.3) is 0 Å². The van der Waals surface area contributed by atoms with Crippen molar-refractivity contribution in [3.8, 4) is 0 Å². The predicted octanol–water partition coefficient (Wildman–Crippen LogP) is 3.09. The van der Waals surface area contributed by atoms with E-state index in [0.717, 1.165) is 11.4 Å². The van der Waals surface area contributed by atoms with Gasteiger partial charge in [0.2, 0.25) is 0 Å². The summed E-state index contributed by atoms with van der Waals surface area (Å²) in [5.41, 5.74) is 1.24. The zero-order valence-electron chi connectivity index (χ0n) is 8.53. The molecule has 0 spiro atoms. The van der Waals surface area contributed by atoms with Gasteiger partial charge in [-0.2, -0.15) is 0 Å². The van der Waals surface area contributed by atoms with Crippen LogP contribution >= 0.6 is 11.6 Å². The van der Waals surface area contributed by atoms with Gasteiger partial charge < -0.3 is 5.11 Å². The van der Waals surface area contributed by atoms with E-state index >= 15 is 0 Å². The highest BCUT2D eigenvalue weighted by Gasteiger charge is 2.51. The molecule has 80 valence electrons. The minimum Gasteiger partial charge on any atom is -0.481 e. The molecule has 3 heteroatoms. The maximum absolute atomic E-state index is 10.6. The smallest absolute Gasteiger partial charge is 0.303 e. The molecule has 0 heterocycles. The summed E-state index contributed by atoms with van der Waals surface area (Å²) in [4.78, 5) is 10.6. The Bertz CT molecular complexity index is 385. The van der Waals surface area contributed by atoms with Gasteiger partial charge in [-0.25, -0.2) is 0 Å². The van der Waals surface area contributed by atoms with Crippen LogP contribution in [-0.2, 0) is 10.2 Å². The number of aliphatic carboxylic acids is 1. The minimum absolute atomic E-state index is 0.0446. The molecule has 0 aromatic heterocycles. The van der Waals surface area contributed by atoms with Crippen molar-refractivity contribution >= 4 is 17.6 Å². The van der Waals surface area contributed by atoms with Crippen molar-refractivity contribution in [2.75, 3.05) is 0 Å². The Hall–Kier alpha value is -1.02. The molecule has 0 bridgehead atoms. The molecule has 1 aromatic rings. The Kier molecular flexibility index (Phi) is 2.47. The van der Waals surface area contributed by atoms with E-state index in [1.54, 1.807) is 0 Å². The molecule has 0 aliphatic heterocycles. The van der Waals surface area contributed by atoms with Crippen LogP contribution < -0.4 is 0 Å². The molecule has 2 unspecified atom stereocenters. The van der Waals surface area contributed by atoms with E-state index in [1.807, 2.05) is 24.3 Å². The van der Waals surface area contributed by atoms with Crippen molar-refractivity contribution in [1.82, 2.24) is 0 Å². The largest absolute Gasteiger partial charge is 0.481 e. The van der Waals surface area contributed by atoms with Gasteiger partial charge in [0.05, 0.1) is 0 Å². The van der Waals surface area contributed by atoms with Gasteiger partial charge >= 0.3 is 5.97 Å². The monoisotopic (exact) mass is 224 g/mol.